The zero-order chi connectivity index (χ0) is 16.1. The van der Waals surface area contributed by atoms with E-state index < -0.39 is 0 Å². The van der Waals surface area contributed by atoms with Crippen LogP contribution in [0, 0.1) is 23.7 Å². The molecule has 4 nitrogen and oxygen atoms in total. The van der Waals surface area contributed by atoms with Gasteiger partial charge in [-0.25, -0.2) is 4.98 Å². The highest BCUT2D eigenvalue weighted by Gasteiger charge is 2.48. The first kappa shape index (κ1) is 14.7. The van der Waals surface area contributed by atoms with Crippen LogP contribution in [0.25, 0.3) is 0 Å². The molecule has 1 saturated heterocycles. The van der Waals surface area contributed by atoms with Gasteiger partial charge in [-0.15, -0.1) is 0 Å². The SMILES string of the molecule is O=C(NC1C2CC3CC(C2)CC1C3)c1cccnc1N1CCCC1. The Labute approximate surface area is 144 Å². The molecule has 1 N–H and O–H groups in total. The fourth-order valence-electron chi connectivity index (χ4n) is 6.15. The van der Waals surface area contributed by atoms with Crippen LogP contribution in [0.3, 0.4) is 0 Å². The van der Waals surface area contributed by atoms with Crippen molar-refractivity contribution < 1.29 is 4.79 Å². The monoisotopic (exact) mass is 325 g/mol. The third-order valence-electron chi connectivity index (χ3n) is 6.96. The summed E-state index contributed by atoms with van der Waals surface area (Å²) in [6, 6.07) is 4.24. The van der Waals surface area contributed by atoms with Gasteiger partial charge in [0.05, 0.1) is 5.56 Å². The number of carbonyl (C=O) groups is 1. The summed E-state index contributed by atoms with van der Waals surface area (Å²) >= 11 is 0. The Bertz CT molecular complexity index is 610. The van der Waals surface area contributed by atoms with Gasteiger partial charge in [-0.05, 0) is 80.8 Å². The molecular weight excluding hydrogens is 298 g/mol. The molecule has 0 spiro atoms. The Hall–Kier alpha value is -1.58. The maximum absolute atomic E-state index is 13.0. The molecule has 4 bridgehead atoms. The van der Waals surface area contributed by atoms with Crippen molar-refractivity contribution in [2.75, 3.05) is 18.0 Å². The molecule has 24 heavy (non-hydrogen) atoms. The topological polar surface area (TPSA) is 45.2 Å². The molecule has 5 aliphatic rings. The molecular formula is C20H27N3O. The smallest absolute Gasteiger partial charge is 0.255 e. The predicted molar refractivity (Wildman–Crippen MR) is 94.0 cm³/mol. The van der Waals surface area contributed by atoms with Gasteiger partial charge in [0.2, 0.25) is 0 Å². The van der Waals surface area contributed by atoms with E-state index in [2.05, 4.69) is 15.2 Å². The molecule has 0 radical (unpaired) electrons. The molecule has 4 saturated carbocycles. The average Bonchev–Trinajstić information content (AvgIpc) is 3.12. The van der Waals surface area contributed by atoms with Crippen molar-refractivity contribution in [1.82, 2.24) is 10.3 Å². The maximum Gasteiger partial charge on any atom is 0.255 e. The van der Waals surface area contributed by atoms with Gasteiger partial charge in [-0.3, -0.25) is 4.79 Å². The number of amides is 1. The first-order valence-corrected chi connectivity index (χ1v) is 9.79. The Morgan fingerprint density at radius 3 is 2.38 bits per heavy atom. The summed E-state index contributed by atoms with van der Waals surface area (Å²) in [6.45, 7) is 2.05. The average molecular weight is 325 g/mol. The van der Waals surface area contributed by atoms with Gasteiger partial charge < -0.3 is 10.2 Å². The number of pyridine rings is 1. The molecule has 0 atom stereocenters. The van der Waals surface area contributed by atoms with Gasteiger partial charge in [-0.1, -0.05) is 0 Å². The van der Waals surface area contributed by atoms with E-state index in [0.29, 0.717) is 6.04 Å². The minimum absolute atomic E-state index is 0.0995. The second-order valence-corrected chi connectivity index (χ2v) is 8.50. The van der Waals surface area contributed by atoms with Crippen molar-refractivity contribution in [3.63, 3.8) is 0 Å². The van der Waals surface area contributed by atoms with Crippen molar-refractivity contribution in [2.24, 2.45) is 23.7 Å². The summed E-state index contributed by atoms with van der Waals surface area (Å²) in [5.41, 5.74) is 0.771. The van der Waals surface area contributed by atoms with E-state index in [1.165, 1.54) is 44.9 Å². The van der Waals surface area contributed by atoms with E-state index in [1.54, 1.807) is 0 Å². The quantitative estimate of drug-likeness (QED) is 0.928. The standard InChI is InChI=1S/C20H27N3O/c24-20(17-4-3-5-21-19(17)23-6-1-2-7-23)22-18-15-9-13-8-14(11-15)12-16(18)10-13/h3-5,13-16,18H,1-2,6-12H2,(H,22,24). The van der Waals surface area contributed by atoms with Crippen LogP contribution in [0.4, 0.5) is 5.82 Å². The van der Waals surface area contributed by atoms with Gasteiger partial charge in [0, 0.05) is 25.3 Å². The Kier molecular flexibility index (Phi) is 3.53. The zero-order valence-electron chi connectivity index (χ0n) is 14.3. The van der Waals surface area contributed by atoms with E-state index in [1.807, 2.05) is 18.3 Å². The minimum atomic E-state index is 0.0995. The second-order valence-electron chi connectivity index (χ2n) is 8.50. The molecule has 2 heterocycles. The highest BCUT2D eigenvalue weighted by Crippen LogP contribution is 2.53. The third kappa shape index (κ3) is 2.42. The summed E-state index contributed by atoms with van der Waals surface area (Å²) in [4.78, 5) is 19.8. The molecule has 1 amide bonds. The van der Waals surface area contributed by atoms with Crippen molar-refractivity contribution in [1.29, 1.82) is 0 Å². The lowest BCUT2D eigenvalue weighted by atomic mass is 9.54. The zero-order valence-corrected chi connectivity index (χ0v) is 14.3. The molecule has 1 aliphatic heterocycles. The van der Waals surface area contributed by atoms with Gasteiger partial charge in [-0.2, -0.15) is 0 Å². The summed E-state index contributed by atoms with van der Waals surface area (Å²) in [6.07, 6.45) is 11.0. The first-order chi connectivity index (χ1) is 11.8. The summed E-state index contributed by atoms with van der Waals surface area (Å²) in [7, 11) is 0. The third-order valence-corrected chi connectivity index (χ3v) is 6.96. The molecule has 0 aromatic carbocycles. The second kappa shape index (κ2) is 5.75. The highest BCUT2D eigenvalue weighted by molar-refractivity contribution is 5.99. The van der Waals surface area contributed by atoms with Crippen molar-refractivity contribution in [2.45, 2.75) is 51.0 Å². The molecule has 5 fully saturated rings. The minimum Gasteiger partial charge on any atom is -0.356 e. The number of hydrogen-bond acceptors (Lipinski definition) is 3. The van der Waals surface area contributed by atoms with Crippen LogP contribution in [-0.4, -0.2) is 30.0 Å². The molecule has 1 aromatic rings. The normalized spacial score (nSPS) is 37.0. The van der Waals surface area contributed by atoms with Gasteiger partial charge >= 0.3 is 0 Å². The maximum atomic E-state index is 13.0. The number of nitrogens with zero attached hydrogens (tertiary/aromatic N) is 2. The number of carbonyl (C=O) groups excluding carboxylic acids is 1. The van der Waals surface area contributed by atoms with Crippen molar-refractivity contribution in [3.8, 4) is 0 Å². The number of rotatable bonds is 3. The van der Waals surface area contributed by atoms with E-state index in [-0.39, 0.29) is 5.91 Å². The molecule has 0 unspecified atom stereocenters. The van der Waals surface area contributed by atoms with Gasteiger partial charge in [0.15, 0.2) is 0 Å². The molecule has 4 aliphatic carbocycles. The van der Waals surface area contributed by atoms with Gasteiger partial charge in [0.1, 0.15) is 5.82 Å². The number of nitrogens with one attached hydrogen (secondary N) is 1. The van der Waals surface area contributed by atoms with Crippen molar-refractivity contribution in [3.05, 3.63) is 23.9 Å². The number of hydrogen-bond donors (Lipinski definition) is 1. The molecule has 128 valence electrons. The summed E-state index contributed by atoms with van der Waals surface area (Å²) < 4.78 is 0. The Morgan fingerprint density at radius 1 is 1.04 bits per heavy atom. The predicted octanol–water partition coefficient (Wildman–Crippen LogP) is 3.24. The van der Waals surface area contributed by atoms with Crippen LogP contribution >= 0.6 is 0 Å². The Balaban J connectivity index is 1.36. The van der Waals surface area contributed by atoms with Gasteiger partial charge in [0.25, 0.3) is 5.91 Å². The van der Waals surface area contributed by atoms with Crippen LogP contribution in [-0.2, 0) is 0 Å². The van der Waals surface area contributed by atoms with E-state index in [9.17, 15) is 4.79 Å². The van der Waals surface area contributed by atoms with Crippen LogP contribution in [0.1, 0.15) is 55.3 Å². The first-order valence-electron chi connectivity index (χ1n) is 9.79. The molecule has 1 aromatic heterocycles. The molecule has 4 heteroatoms. The van der Waals surface area contributed by atoms with Crippen LogP contribution in [0.15, 0.2) is 18.3 Å². The van der Waals surface area contributed by atoms with E-state index >= 15 is 0 Å². The van der Waals surface area contributed by atoms with Crippen molar-refractivity contribution >= 4 is 11.7 Å². The summed E-state index contributed by atoms with van der Waals surface area (Å²) in [5.74, 6) is 4.31. The largest absolute Gasteiger partial charge is 0.356 e. The van der Waals surface area contributed by atoms with E-state index in [0.717, 1.165) is 48.1 Å². The van der Waals surface area contributed by atoms with Crippen LogP contribution in [0.5, 0.6) is 0 Å². The lowest BCUT2D eigenvalue weighted by molar-refractivity contribution is -0.0119. The van der Waals surface area contributed by atoms with Crippen LogP contribution < -0.4 is 10.2 Å². The Morgan fingerprint density at radius 2 is 1.71 bits per heavy atom. The van der Waals surface area contributed by atoms with Crippen LogP contribution in [0.2, 0.25) is 0 Å². The number of anilines is 1. The highest BCUT2D eigenvalue weighted by atomic mass is 16.1. The fourth-order valence-corrected chi connectivity index (χ4v) is 6.15. The summed E-state index contributed by atoms with van der Waals surface area (Å²) in [5, 5.41) is 3.44. The lowest BCUT2D eigenvalue weighted by Crippen LogP contribution is -2.55. The lowest BCUT2D eigenvalue weighted by Gasteiger charge is -2.54. The fraction of sp³-hybridized carbons (Fsp3) is 0.700. The number of aromatic nitrogens is 1. The molecule has 6 rings (SSSR count). The van der Waals surface area contributed by atoms with E-state index in [4.69, 9.17) is 0 Å².